The molecule has 0 unspecified atom stereocenters. The van der Waals surface area contributed by atoms with Crippen molar-refractivity contribution in [3.8, 4) is 11.4 Å². The molecule has 0 fully saturated rings. The number of aryl methyl sites for hydroxylation is 2. The third kappa shape index (κ3) is 6.37. The molecular weight excluding hydrogens is 575 g/mol. The summed E-state index contributed by atoms with van der Waals surface area (Å²) in [6.07, 6.45) is 0.746. The first kappa shape index (κ1) is 28.6. The zero-order valence-corrected chi connectivity index (χ0v) is 25.3. The molecule has 0 aliphatic rings. The number of thiazole rings is 1. The van der Waals surface area contributed by atoms with Crippen molar-refractivity contribution < 1.29 is 9.53 Å². The second kappa shape index (κ2) is 12.7. The van der Waals surface area contributed by atoms with Gasteiger partial charge in [0.1, 0.15) is 10.4 Å². The van der Waals surface area contributed by atoms with Gasteiger partial charge < -0.3 is 19.5 Å². The number of fused-ring (bicyclic) bond motifs is 1. The van der Waals surface area contributed by atoms with Gasteiger partial charge in [0.25, 0.3) is 5.56 Å². The van der Waals surface area contributed by atoms with Gasteiger partial charge in [-0.1, -0.05) is 65.6 Å². The van der Waals surface area contributed by atoms with Crippen molar-refractivity contribution in [1.82, 2.24) is 14.1 Å². The van der Waals surface area contributed by atoms with Crippen LogP contribution in [0.4, 0.5) is 11.4 Å². The lowest BCUT2D eigenvalue weighted by molar-refractivity contribution is -0.113. The minimum atomic E-state index is -0.253. The highest BCUT2D eigenvalue weighted by molar-refractivity contribution is 7.99. The van der Waals surface area contributed by atoms with E-state index < -0.39 is 0 Å². The number of aromatic nitrogens is 3. The average molecular weight is 604 g/mol. The Morgan fingerprint density at radius 1 is 1.05 bits per heavy atom. The number of carbonyl (C=O) groups is 1. The van der Waals surface area contributed by atoms with Crippen LogP contribution in [0.15, 0.2) is 88.8 Å². The third-order valence-electron chi connectivity index (χ3n) is 6.45. The zero-order valence-electron chi connectivity index (χ0n) is 22.9. The largest absolute Gasteiger partial charge is 0.495 e. The van der Waals surface area contributed by atoms with Crippen LogP contribution < -0.4 is 20.5 Å². The molecule has 0 bridgehead atoms. The van der Waals surface area contributed by atoms with Gasteiger partial charge in [-0.05, 0) is 60.6 Å². The van der Waals surface area contributed by atoms with Crippen LogP contribution in [0.25, 0.3) is 16.0 Å². The Kier molecular flexibility index (Phi) is 8.87. The molecule has 5 aromatic rings. The van der Waals surface area contributed by atoms with E-state index >= 15 is 0 Å². The molecule has 5 rings (SSSR count). The van der Waals surface area contributed by atoms with Crippen molar-refractivity contribution in [3.05, 3.63) is 98.7 Å². The van der Waals surface area contributed by atoms with Crippen molar-refractivity contribution in [2.45, 2.75) is 18.1 Å². The first-order chi connectivity index (χ1) is 19.9. The quantitative estimate of drug-likeness (QED) is 0.119. The van der Waals surface area contributed by atoms with Gasteiger partial charge in [0, 0.05) is 32.0 Å². The number of benzene rings is 3. The summed E-state index contributed by atoms with van der Waals surface area (Å²) in [4.78, 5) is 33.8. The number of hydrogen-bond donors (Lipinski definition) is 1. The van der Waals surface area contributed by atoms with E-state index in [1.165, 1.54) is 33.2 Å². The van der Waals surface area contributed by atoms with Gasteiger partial charge in [-0.15, -0.1) is 0 Å². The van der Waals surface area contributed by atoms with Crippen LogP contribution in [-0.4, -0.2) is 47.0 Å². The molecule has 0 atom stereocenters. The number of amides is 1. The second-order valence-electron chi connectivity index (χ2n) is 9.39. The van der Waals surface area contributed by atoms with Crippen LogP contribution in [0.3, 0.4) is 0 Å². The first-order valence-electron chi connectivity index (χ1n) is 12.9. The minimum absolute atomic E-state index is 0.0530. The summed E-state index contributed by atoms with van der Waals surface area (Å²) in [5, 5.41) is 3.31. The van der Waals surface area contributed by atoms with Crippen molar-refractivity contribution >= 4 is 62.9 Å². The first-order valence-corrected chi connectivity index (χ1v) is 15.1. The number of nitrogens with one attached hydrogen (secondary N) is 1. The zero-order chi connectivity index (χ0) is 28.9. The Labute approximate surface area is 251 Å². The number of para-hydroxylation sites is 2. The number of hydrogen-bond acceptors (Lipinski definition) is 8. The van der Waals surface area contributed by atoms with E-state index in [2.05, 4.69) is 17.4 Å². The van der Waals surface area contributed by atoms with Gasteiger partial charge in [0.05, 0.1) is 18.6 Å². The minimum Gasteiger partial charge on any atom is -0.495 e. The predicted octanol–water partition coefficient (Wildman–Crippen LogP) is 6.03. The lowest BCUT2D eigenvalue weighted by atomic mass is 10.1. The van der Waals surface area contributed by atoms with Gasteiger partial charge in [0.2, 0.25) is 5.91 Å². The number of ether oxygens (including phenoxy) is 1. The van der Waals surface area contributed by atoms with Crippen LogP contribution in [-0.2, 0) is 17.8 Å². The molecule has 2 aromatic heterocycles. The third-order valence-corrected chi connectivity index (χ3v) is 8.82. The molecule has 0 saturated heterocycles. The fourth-order valence-electron chi connectivity index (χ4n) is 4.35. The molecular formula is C30H29N5O3S3. The van der Waals surface area contributed by atoms with Crippen LogP contribution in [0, 0.1) is 3.95 Å². The second-order valence-corrected chi connectivity index (χ2v) is 12.0. The Bertz CT molecular complexity index is 1790. The number of methoxy groups -OCH3 is 1. The van der Waals surface area contributed by atoms with E-state index in [1.54, 1.807) is 19.2 Å². The smallest absolute Gasteiger partial charge is 0.278 e. The molecule has 0 aliphatic heterocycles. The van der Waals surface area contributed by atoms with Crippen molar-refractivity contribution in [2.24, 2.45) is 0 Å². The van der Waals surface area contributed by atoms with Gasteiger partial charge in [-0.2, -0.15) is 0 Å². The highest BCUT2D eigenvalue weighted by Crippen LogP contribution is 2.29. The molecule has 3 aromatic carbocycles. The van der Waals surface area contributed by atoms with E-state index in [-0.39, 0.29) is 17.2 Å². The summed E-state index contributed by atoms with van der Waals surface area (Å²) in [6.45, 7) is 0.585. The molecule has 210 valence electrons. The summed E-state index contributed by atoms with van der Waals surface area (Å²) >= 11 is 8.12. The maximum Gasteiger partial charge on any atom is 0.278 e. The highest BCUT2D eigenvalue weighted by Gasteiger charge is 2.21. The number of anilines is 2. The maximum atomic E-state index is 14.0. The predicted molar refractivity (Wildman–Crippen MR) is 171 cm³/mol. The van der Waals surface area contributed by atoms with E-state index in [1.807, 2.05) is 78.2 Å². The summed E-state index contributed by atoms with van der Waals surface area (Å²) < 4.78 is 10.0. The number of nitrogens with zero attached hydrogens (tertiary/aromatic N) is 4. The molecule has 11 heteroatoms. The number of thioether (sulfide) groups is 1. The summed E-state index contributed by atoms with van der Waals surface area (Å²) in [5.74, 6) is 0.368. The molecule has 0 saturated carbocycles. The molecule has 2 heterocycles. The molecule has 41 heavy (non-hydrogen) atoms. The lowest BCUT2D eigenvalue weighted by Gasteiger charge is -2.15. The topological polar surface area (TPSA) is 81.4 Å². The van der Waals surface area contributed by atoms with Crippen LogP contribution in [0.1, 0.15) is 5.56 Å². The molecule has 0 radical (unpaired) electrons. The lowest BCUT2D eigenvalue weighted by Crippen LogP contribution is -2.23. The Morgan fingerprint density at radius 2 is 1.76 bits per heavy atom. The standard InChI is InChI=1S/C30H29N5O3S3/c1-33(2)22-15-13-21(14-16-22)31-25(36)19-40-29-32-27-26(28(37)35(29)23-11-7-8-12-24(23)38-3)41-30(39)34(27)18-17-20-9-5-4-6-10-20/h4-16H,17-19H2,1-3H3,(H,31,36). The van der Waals surface area contributed by atoms with E-state index in [0.717, 1.165) is 12.1 Å². The van der Waals surface area contributed by atoms with Crippen LogP contribution in [0.5, 0.6) is 5.75 Å². The Morgan fingerprint density at radius 3 is 2.46 bits per heavy atom. The molecule has 0 spiro atoms. The van der Waals surface area contributed by atoms with Gasteiger partial charge in [0.15, 0.2) is 14.8 Å². The number of rotatable bonds is 10. The average Bonchev–Trinajstić information content (AvgIpc) is 3.30. The normalized spacial score (nSPS) is 11.0. The highest BCUT2D eigenvalue weighted by atomic mass is 32.2. The van der Waals surface area contributed by atoms with Crippen molar-refractivity contribution in [3.63, 3.8) is 0 Å². The Hall–Kier alpha value is -3.93. The SMILES string of the molecule is COc1ccccc1-n1c(SCC(=O)Nc2ccc(N(C)C)cc2)nc2c(sc(=S)n2CCc2ccccc2)c1=O. The van der Waals surface area contributed by atoms with Gasteiger partial charge in [-0.3, -0.25) is 14.2 Å². The van der Waals surface area contributed by atoms with Crippen molar-refractivity contribution in [2.75, 3.05) is 37.2 Å². The van der Waals surface area contributed by atoms with E-state index in [4.69, 9.17) is 21.9 Å². The maximum absolute atomic E-state index is 14.0. The van der Waals surface area contributed by atoms with Crippen molar-refractivity contribution in [1.29, 1.82) is 0 Å². The summed E-state index contributed by atoms with van der Waals surface area (Å²) in [6, 6.07) is 25.0. The molecule has 8 nitrogen and oxygen atoms in total. The summed E-state index contributed by atoms with van der Waals surface area (Å²) in [7, 11) is 5.48. The Balaban J connectivity index is 1.50. The van der Waals surface area contributed by atoms with Crippen LogP contribution in [0.2, 0.25) is 0 Å². The van der Waals surface area contributed by atoms with Gasteiger partial charge >= 0.3 is 0 Å². The monoisotopic (exact) mass is 603 g/mol. The molecule has 1 amide bonds. The summed E-state index contributed by atoms with van der Waals surface area (Å²) in [5.41, 5.74) is 3.71. The fourth-order valence-corrected chi connectivity index (χ4v) is 6.46. The molecule has 0 aliphatic carbocycles. The van der Waals surface area contributed by atoms with E-state index in [0.29, 0.717) is 43.1 Å². The van der Waals surface area contributed by atoms with Crippen LogP contribution >= 0.6 is 35.3 Å². The van der Waals surface area contributed by atoms with E-state index in [9.17, 15) is 9.59 Å². The fraction of sp³-hybridized carbons (Fsp3) is 0.200. The number of carbonyl (C=O) groups excluding carboxylic acids is 1. The van der Waals surface area contributed by atoms with Gasteiger partial charge in [-0.25, -0.2) is 4.98 Å². The molecule has 1 N–H and O–H groups in total.